The van der Waals surface area contributed by atoms with Crippen molar-refractivity contribution in [3.63, 3.8) is 0 Å². The lowest BCUT2D eigenvalue weighted by atomic mass is 10.1. The van der Waals surface area contributed by atoms with Gasteiger partial charge in [0.05, 0.1) is 0 Å². The van der Waals surface area contributed by atoms with E-state index in [9.17, 15) is 0 Å². The van der Waals surface area contributed by atoms with Gasteiger partial charge in [-0.2, -0.15) is 0 Å². The number of nitrogens with one attached hydrogen (secondary N) is 1. The predicted octanol–water partition coefficient (Wildman–Crippen LogP) is 2.56. The van der Waals surface area contributed by atoms with Gasteiger partial charge >= 0.3 is 0 Å². The highest BCUT2D eigenvalue weighted by atomic mass is 14.9. The van der Waals surface area contributed by atoms with Crippen LogP contribution in [0.3, 0.4) is 0 Å². The van der Waals surface area contributed by atoms with Crippen LogP contribution in [0.4, 0.5) is 0 Å². The summed E-state index contributed by atoms with van der Waals surface area (Å²) in [4.78, 5) is 0. The van der Waals surface area contributed by atoms with E-state index < -0.39 is 0 Å². The first-order chi connectivity index (χ1) is 4.85. The molecule has 0 aliphatic rings. The summed E-state index contributed by atoms with van der Waals surface area (Å²) in [5.74, 6) is 0. The average Bonchev–Trinajstić information content (AvgIpc) is 1.98. The maximum absolute atomic E-state index is 3.47. The van der Waals surface area contributed by atoms with Gasteiger partial charge in [0.1, 0.15) is 0 Å². The maximum atomic E-state index is 3.47. The molecule has 1 nitrogen and oxygen atoms in total. The molecular formula is C9H21N. The van der Waals surface area contributed by atoms with E-state index in [-0.39, 0.29) is 0 Å². The Morgan fingerprint density at radius 1 is 1.20 bits per heavy atom. The highest BCUT2D eigenvalue weighted by Crippen LogP contribution is 2.02. The zero-order valence-electron chi connectivity index (χ0n) is 7.61. The molecular weight excluding hydrogens is 122 g/mol. The first-order valence-electron chi connectivity index (χ1n) is 4.58. The largest absolute Gasteiger partial charge is 0.314 e. The lowest BCUT2D eigenvalue weighted by Crippen LogP contribution is -2.27. The van der Waals surface area contributed by atoms with Gasteiger partial charge in [-0.1, -0.05) is 33.6 Å². The minimum Gasteiger partial charge on any atom is -0.314 e. The smallest absolute Gasteiger partial charge is 0.00643 e. The number of hydrogen-bond donors (Lipinski definition) is 1. The van der Waals surface area contributed by atoms with Gasteiger partial charge in [0.15, 0.2) is 0 Å². The Labute approximate surface area is 65.2 Å². The Morgan fingerprint density at radius 2 is 1.90 bits per heavy atom. The summed E-state index contributed by atoms with van der Waals surface area (Å²) in [7, 11) is 0. The number of unbranched alkanes of at least 4 members (excludes halogenated alkanes) is 1. The third kappa shape index (κ3) is 4.80. The Kier molecular flexibility index (Phi) is 7.04. The molecule has 0 amide bonds. The van der Waals surface area contributed by atoms with Crippen molar-refractivity contribution in [2.24, 2.45) is 0 Å². The third-order valence-corrected chi connectivity index (χ3v) is 1.89. The second kappa shape index (κ2) is 7.07. The number of rotatable bonds is 6. The third-order valence-electron chi connectivity index (χ3n) is 1.89. The summed E-state index contributed by atoms with van der Waals surface area (Å²) < 4.78 is 0. The van der Waals surface area contributed by atoms with Crippen LogP contribution >= 0.6 is 0 Å². The molecule has 0 aliphatic heterocycles. The van der Waals surface area contributed by atoms with Crippen LogP contribution in [0.15, 0.2) is 0 Å². The molecule has 0 spiro atoms. The molecule has 0 aromatic carbocycles. The first-order valence-corrected chi connectivity index (χ1v) is 4.58. The van der Waals surface area contributed by atoms with E-state index in [1.807, 2.05) is 0 Å². The molecule has 0 radical (unpaired) electrons. The van der Waals surface area contributed by atoms with Gasteiger partial charge in [0, 0.05) is 6.04 Å². The molecule has 0 heterocycles. The van der Waals surface area contributed by atoms with Crippen molar-refractivity contribution in [2.45, 2.75) is 52.5 Å². The molecule has 0 bridgehead atoms. The molecule has 1 heteroatoms. The van der Waals surface area contributed by atoms with Crippen molar-refractivity contribution in [3.05, 3.63) is 0 Å². The van der Waals surface area contributed by atoms with E-state index >= 15 is 0 Å². The molecule has 0 unspecified atom stereocenters. The maximum Gasteiger partial charge on any atom is 0.00643 e. The van der Waals surface area contributed by atoms with Gasteiger partial charge in [-0.25, -0.2) is 0 Å². The van der Waals surface area contributed by atoms with Gasteiger partial charge in [-0.15, -0.1) is 0 Å². The van der Waals surface area contributed by atoms with Crippen molar-refractivity contribution in [3.8, 4) is 0 Å². The lowest BCUT2D eigenvalue weighted by Gasteiger charge is -2.14. The van der Waals surface area contributed by atoms with Crippen LogP contribution in [0, 0.1) is 0 Å². The molecule has 1 N–H and O–H groups in total. The van der Waals surface area contributed by atoms with Crippen LogP contribution < -0.4 is 5.32 Å². The first kappa shape index (κ1) is 9.96. The second-order valence-corrected chi connectivity index (χ2v) is 2.81. The molecule has 0 rings (SSSR count). The zero-order valence-corrected chi connectivity index (χ0v) is 7.61. The normalized spacial score (nSPS) is 13.5. The average molecular weight is 143 g/mol. The summed E-state index contributed by atoms with van der Waals surface area (Å²) in [6.07, 6.45) is 5.31. The fourth-order valence-electron chi connectivity index (χ4n) is 1.19. The Morgan fingerprint density at radius 3 is 2.30 bits per heavy atom. The van der Waals surface area contributed by atoms with Crippen molar-refractivity contribution in [1.82, 2.24) is 5.32 Å². The molecule has 1 atom stereocenters. The highest BCUT2D eigenvalue weighted by Gasteiger charge is 2.01. The summed E-state index contributed by atoms with van der Waals surface area (Å²) in [6.45, 7) is 7.79. The Balaban J connectivity index is 3.21. The van der Waals surface area contributed by atoms with Gasteiger partial charge in [0.2, 0.25) is 0 Å². The fourth-order valence-corrected chi connectivity index (χ4v) is 1.19. The van der Waals surface area contributed by atoms with Gasteiger partial charge in [-0.05, 0) is 19.4 Å². The highest BCUT2D eigenvalue weighted by molar-refractivity contribution is 4.62. The summed E-state index contributed by atoms with van der Waals surface area (Å²) in [5, 5.41) is 3.47. The molecule has 0 aromatic rings. The van der Waals surface area contributed by atoms with Crippen molar-refractivity contribution in [2.75, 3.05) is 6.54 Å². The van der Waals surface area contributed by atoms with Crippen LogP contribution in [0.1, 0.15) is 46.5 Å². The van der Waals surface area contributed by atoms with Crippen LogP contribution in [0.5, 0.6) is 0 Å². The van der Waals surface area contributed by atoms with E-state index in [0.717, 1.165) is 12.6 Å². The molecule has 62 valence electrons. The summed E-state index contributed by atoms with van der Waals surface area (Å²) >= 11 is 0. The van der Waals surface area contributed by atoms with Gasteiger partial charge in [0.25, 0.3) is 0 Å². The van der Waals surface area contributed by atoms with E-state index in [1.54, 1.807) is 0 Å². The number of hydrogen-bond acceptors (Lipinski definition) is 1. The van der Waals surface area contributed by atoms with Crippen molar-refractivity contribution in [1.29, 1.82) is 0 Å². The monoisotopic (exact) mass is 143 g/mol. The summed E-state index contributed by atoms with van der Waals surface area (Å²) in [6, 6.07) is 0.768. The SMILES string of the molecule is CCCC[C@@H](CC)NCC. The molecule has 0 fully saturated rings. The Hall–Kier alpha value is -0.0400. The standard InChI is InChI=1S/C9H21N/c1-4-7-8-9(5-2)10-6-3/h9-10H,4-8H2,1-3H3/t9-/m1/s1. The molecule has 10 heavy (non-hydrogen) atoms. The lowest BCUT2D eigenvalue weighted by molar-refractivity contribution is 0.464. The summed E-state index contributed by atoms with van der Waals surface area (Å²) in [5.41, 5.74) is 0. The predicted molar refractivity (Wildman–Crippen MR) is 47.3 cm³/mol. The Bertz CT molecular complexity index is 61.7. The van der Waals surface area contributed by atoms with Gasteiger partial charge < -0.3 is 5.32 Å². The van der Waals surface area contributed by atoms with Crippen LogP contribution in [0.25, 0.3) is 0 Å². The minimum atomic E-state index is 0.768. The molecule has 0 aliphatic carbocycles. The quantitative estimate of drug-likeness (QED) is 0.602. The minimum absolute atomic E-state index is 0.768. The van der Waals surface area contributed by atoms with E-state index in [4.69, 9.17) is 0 Å². The van der Waals surface area contributed by atoms with E-state index in [2.05, 4.69) is 26.1 Å². The molecule has 0 saturated carbocycles. The second-order valence-electron chi connectivity index (χ2n) is 2.81. The van der Waals surface area contributed by atoms with E-state index in [0.29, 0.717) is 0 Å². The van der Waals surface area contributed by atoms with E-state index in [1.165, 1.54) is 25.7 Å². The van der Waals surface area contributed by atoms with Gasteiger partial charge in [-0.3, -0.25) is 0 Å². The van der Waals surface area contributed by atoms with Crippen molar-refractivity contribution >= 4 is 0 Å². The molecule has 0 aromatic heterocycles. The van der Waals surface area contributed by atoms with Crippen LogP contribution in [-0.2, 0) is 0 Å². The topological polar surface area (TPSA) is 12.0 Å². The van der Waals surface area contributed by atoms with Crippen LogP contribution in [-0.4, -0.2) is 12.6 Å². The van der Waals surface area contributed by atoms with Crippen molar-refractivity contribution < 1.29 is 0 Å². The van der Waals surface area contributed by atoms with Crippen LogP contribution in [0.2, 0.25) is 0 Å². The molecule has 0 saturated heterocycles. The zero-order chi connectivity index (χ0) is 7.82. The fraction of sp³-hybridized carbons (Fsp3) is 1.00.